The van der Waals surface area contributed by atoms with E-state index in [-0.39, 0.29) is 0 Å². The molecule has 1 N–H and O–H groups in total. The SMILES string of the molecule is CC(C)(O)c1cccc(C#N)c1. The molecule has 0 atom stereocenters. The summed E-state index contributed by atoms with van der Waals surface area (Å²) in [6, 6.07) is 9.02. The number of aliphatic hydroxyl groups is 1. The lowest BCUT2D eigenvalue weighted by atomic mass is 9.97. The maximum atomic E-state index is 9.60. The maximum Gasteiger partial charge on any atom is 0.0991 e. The van der Waals surface area contributed by atoms with E-state index in [1.165, 1.54) is 0 Å². The monoisotopic (exact) mass is 161 g/mol. The zero-order chi connectivity index (χ0) is 9.19. The van der Waals surface area contributed by atoms with Crippen molar-refractivity contribution in [2.24, 2.45) is 0 Å². The molecule has 1 aromatic rings. The topological polar surface area (TPSA) is 44.0 Å². The summed E-state index contributed by atoms with van der Waals surface area (Å²) in [6.45, 7) is 3.40. The van der Waals surface area contributed by atoms with Crippen LogP contribution in [0, 0.1) is 11.3 Å². The van der Waals surface area contributed by atoms with Crippen molar-refractivity contribution in [3.05, 3.63) is 35.4 Å². The molecule has 0 amide bonds. The largest absolute Gasteiger partial charge is 0.386 e. The average molecular weight is 161 g/mol. The zero-order valence-corrected chi connectivity index (χ0v) is 7.20. The molecule has 0 bridgehead atoms. The molecular weight excluding hydrogens is 150 g/mol. The molecule has 0 heterocycles. The third-order valence-electron chi connectivity index (χ3n) is 1.70. The molecule has 2 nitrogen and oxygen atoms in total. The van der Waals surface area contributed by atoms with Gasteiger partial charge in [-0.2, -0.15) is 5.26 Å². The van der Waals surface area contributed by atoms with Crippen molar-refractivity contribution in [1.82, 2.24) is 0 Å². The highest BCUT2D eigenvalue weighted by Crippen LogP contribution is 2.19. The second kappa shape index (κ2) is 2.96. The first-order valence-corrected chi connectivity index (χ1v) is 3.77. The molecule has 0 saturated heterocycles. The molecule has 0 aliphatic heterocycles. The third kappa shape index (κ3) is 1.84. The summed E-state index contributed by atoms with van der Waals surface area (Å²) in [4.78, 5) is 0. The molecule has 62 valence electrons. The average Bonchev–Trinajstić information content (AvgIpc) is 2.03. The Hall–Kier alpha value is -1.33. The van der Waals surface area contributed by atoms with E-state index in [0.29, 0.717) is 5.56 Å². The van der Waals surface area contributed by atoms with Gasteiger partial charge in [-0.1, -0.05) is 12.1 Å². The van der Waals surface area contributed by atoms with E-state index in [1.807, 2.05) is 6.07 Å². The van der Waals surface area contributed by atoms with Gasteiger partial charge in [0.25, 0.3) is 0 Å². The smallest absolute Gasteiger partial charge is 0.0991 e. The van der Waals surface area contributed by atoms with Crippen molar-refractivity contribution in [3.8, 4) is 6.07 Å². The van der Waals surface area contributed by atoms with Gasteiger partial charge in [0.05, 0.1) is 17.2 Å². The fraction of sp³-hybridized carbons (Fsp3) is 0.300. The predicted molar refractivity (Wildman–Crippen MR) is 46.4 cm³/mol. The molecule has 0 unspecified atom stereocenters. The van der Waals surface area contributed by atoms with Gasteiger partial charge in [0.15, 0.2) is 0 Å². The van der Waals surface area contributed by atoms with Gasteiger partial charge in [-0.05, 0) is 31.5 Å². The van der Waals surface area contributed by atoms with E-state index in [2.05, 4.69) is 0 Å². The van der Waals surface area contributed by atoms with Crippen LogP contribution in [-0.2, 0) is 5.60 Å². The van der Waals surface area contributed by atoms with Crippen molar-refractivity contribution in [1.29, 1.82) is 5.26 Å². The lowest BCUT2D eigenvalue weighted by molar-refractivity contribution is 0.0786. The normalized spacial score (nSPS) is 10.8. The summed E-state index contributed by atoms with van der Waals surface area (Å²) >= 11 is 0. The molecular formula is C10H11NO. The zero-order valence-electron chi connectivity index (χ0n) is 7.20. The van der Waals surface area contributed by atoms with Gasteiger partial charge < -0.3 is 5.11 Å². The Bertz CT molecular complexity index is 317. The number of hydrogen-bond donors (Lipinski definition) is 1. The number of hydrogen-bond acceptors (Lipinski definition) is 2. The Labute approximate surface area is 72.1 Å². The first kappa shape index (κ1) is 8.76. The summed E-state index contributed by atoms with van der Waals surface area (Å²) in [5.41, 5.74) is 0.475. The first-order chi connectivity index (χ1) is 5.54. The minimum atomic E-state index is -0.868. The minimum Gasteiger partial charge on any atom is -0.386 e. The van der Waals surface area contributed by atoms with Crippen LogP contribution in [0.15, 0.2) is 24.3 Å². The van der Waals surface area contributed by atoms with Gasteiger partial charge in [0, 0.05) is 0 Å². The van der Waals surface area contributed by atoms with Gasteiger partial charge in [0.2, 0.25) is 0 Å². The lowest BCUT2D eigenvalue weighted by Crippen LogP contribution is -2.15. The second-order valence-corrected chi connectivity index (χ2v) is 3.25. The Morgan fingerprint density at radius 3 is 2.58 bits per heavy atom. The fourth-order valence-electron chi connectivity index (χ4n) is 0.969. The summed E-state index contributed by atoms with van der Waals surface area (Å²) in [5, 5.41) is 18.2. The number of benzene rings is 1. The quantitative estimate of drug-likeness (QED) is 0.682. The van der Waals surface area contributed by atoms with Crippen LogP contribution in [0.3, 0.4) is 0 Å². The van der Waals surface area contributed by atoms with Crippen molar-refractivity contribution < 1.29 is 5.11 Å². The lowest BCUT2D eigenvalue weighted by Gasteiger charge is -2.17. The molecule has 0 aromatic heterocycles. The van der Waals surface area contributed by atoms with E-state index >= 15 is 0 Å². The molecule has 0 saturated carbocycles. The Balaban J connectivity index is 3.13. The summed E-state index contributed by atoms with van der Waals surface area (Å²) in [7, 11) is 0. The standard InChI is InChI=1S/C10H11NO/c1-10(2,12)9-5-3-4-8(6-9)7-11/h3-6,12H,1-2H3. The van der Waals surface area contributed by atoms with Crippen LogP contribution in [0.1, 0.15) is 25.0 Å². The molecule has 0 spiro atoms. The highest BCUT2D eigenvalue weighted by atomic mass is 16.3. The van der Waals surface area contributed by atoms with Gasteiger partial charge >= 0.3 is 0 Å². The van der Waals surface area contributed by atoms with Crippen LogP contribution in [0.25, 0.3) is 0 Å². The van der Waals surface area contributed by atoms with Gasteiger partial charge in [-0.25, -0.2) is 0 Å². The fourth-order valence-corrected chi connectivity index (χ4v) is 0.969. The van der Waals surface area contributed by atoms with E-state index < -0.39 is 5.60 Å². The molecule has 0 fully saturated rings. The van der Waals surface area contributed by atoms with E-state index in [9.17, 15) is 5.11 Å². The maximum absolute atomic E-state index is 9.60. The molecule has 2 heteroatoms. The van der Waals surface area contributed by atoms with Gasteiger partial charge in [-0.3, -0.25) is 0 Å². The van der Waals surface area contributed by atoms with Gasteiger partial charge in [0.1, 0.15) is 0 Å². The van der Waals surface area contributed by atoms with E-state index in [4.69, 9.17) is 5.26 Å². The number of nitriles is 1. The van der Waals surface area contributed by atoms with E-state index in [0.717, 1.165) is 5.56 Å². The molecule has 0 aliphatic carbocycles. The van der Waals surface area contributed by atoms with Crippen LogP contribution in [0.2, 0.25) is 0 Å². The molecule has 0 aliphatic rings. The van der Waals surface area contributed by atoms with Crippen molar-refractivity contribution >= 4 is 0 Å². The molecule has 0 radical (unpaired) electrons. The summed E-state index contributed by atoms with van der Waals surface area (Å²) < 4.78 is 0. The van der Waals surface area contributed by atoms with E-state index in [1.54, 1.807) is 38.1 Å². The van der Waals surface area contributed by atoms with Crippen molar-refractivity contribution in [2.75, 3.05) is 0 Å². The summed E-state index contributed by atoms with van der Waals surface area (Å²) in [5.74, 6) is 0. The Morgan fingerprint density at radius 2 is 2.08 bits per heavy atom. The van der Waals surface area contributed by atoms with Crippen LogP contribution in [-0.4, -0.2) is 5.11 Å². The van der Waals surface area contributed by atoms with Gasteiger partial charge in [-0.15, -0.1) is 0 Å². The van der Waals surface area contributed by atoms with Crippen LogP contribution < -0.4 is 0 Å². The second-order valence-electron chi connectivity index (χ2n) is 3.25. The highest BCUT2D eigenvalue weighted by Gasteiger charge is 2.15. The first-order valence-electron chi connectivity index (χ1n) is 3.77. The third-order valence-corrected chi connectivity index (χ3v) is 1.70. The van der Waals surface area contributed by atoms with Crippen LogP contribution in [0.5, 0.6) is 0 Å². The predicted octanol–water partition coefficient (Wildman–Crippen LogP) is 1.79. The molecule has 1 rings (SSSR count). The molecule has 1 aromatic carbocycles. The molecule has 12 heavy (non-hydrogen) atoms. The number of rotatable bonds is 1. The van der Waals surface area contributed by atoms with Crippen molar-refractivity contribution in [3.63, 3.8) is 0 Å². The van der Waals surface area contributed by atoms with Crippen molar-refractivity contribution in [2.45, 2.75) is 19.4 Å². The van der Waals surface area contributed by atoms with Crippen LogP contribution >= 0.6 is 0 Å². The number of nitrogens with zero attached hydrogens (tertiary/aromatic N) is 1. The Kier molecular flexibility index (Phi) is 2.16. The summed E-state index contributed by atoms with van der Waals surface area (Å²) in [6.07, 6.45) is 0. The Morgan fingerprint density at radius 1 is 1.42 bits per heavy atom. The highest BCUT2D eigenvalue weighted by molar-refractivity contribution is 5.34. The van der Waals surface area contributed by atoms with Crippen LogP contribution in [0.4, 0.5) is 0 Å². The minimum absolute atomic E-state index is 0.578.